The summed E-state index contributed by atoms with van der Waals surface area (Å²) in [6.07, 6.45) is 0. The summed E-state index contributed by atoms with van der Waals surface area (Å²) in [5.41, 5.74) is 4.82. The van der Waals surface area contributed by atoms with Gasteiger partial charge in [-0.05, 0) is 47.9 Å². The van der Waals surface area contributed by atoms with E-state index in [2.05, 4.69) is 10.2 Å². The summed E-state index contributed by atoms with van der Waals surface area (Å²) >= 11 is 0. The molecule has 11 nitrogen and oxygen atoms in total. The summed E-state index contributed by atoms with van der Waals surface area (Å²) in [4.78, 5) is -1.39. The van der Waals surface area contributed by atoms with Crippen molar-refractivity contribution < 1.29 is 36.2 Å². The first-order valence-electron chi connectivity index (χ1n) is 7.63. The van der Waals surface area contributed by atoms with Crippen molar-refractivity contribution in [2.75, 3.05) is 5.73 Å². The minimum absolute atomic E-state index is 0. The Morgan fingerprint density at radius 3 is 2.03 bits per heavy atom. The zero-order valence-electron chi connectivity index (χ0n) is 16.3. The van der Waals surface area contributed by atoms with Crippen molar-refractivity contribution in [1.82, 2.24) is 0 Å². The molecule has 2 radical (unpaired) electrons. The molecule has 0 spiro atoms. The molecule has 0 amide bonds. The van der Waals surface area contributed by atoms with Crippen molar-refractivity contribution in [3.63, 3.8) is 0 Å². The fraction of sp³-hybridized carbons (Fsp3) is 0. The van der Waals surface area contributed by atoms with Crippen LogP contribution >= 0.6 is 0 Å². The van der Waals surface area contributed by atoms with Gasteiger partial charge >= 0.3 is 0 Å². The quantitative estimate of drug-likeness (QED) is 0.159. The largest absolute Gasteiger partial charge is 0.506 e. The van der Waals surface area contributed by atoms with Crippen LogP contribution in [0.15, 0.2) is 62.5 Å². The Kier molecular flexibility index (Phi) is 9.07. The van der Waals surface area contributed by atoms with Crippen molar-refractivity contribution in [3.8, 4) is 11.5 Å². The van der Waals surface area contributed by atoms with Crippen molar-refractivity contribution in [2.24, 2.45) is 10.2 Å². The molecule has 0 aliphatic rings. The molecule has 0 heterocycles. The number of phenolic OH excluding ortho intramolecular Hbond substituents is 2. The minimum Gasteiger partial charge on any atom is -0.506 e. The fourth-order valence-corrected chi connectivity index (χ4v) is 3.67. The minimum atomic E-state index is -4.86. The Morgan fingerprint density at radius 1 is 0.806 bits per heavy atom. The molecule has 0 aromatic heterocycles. The number of nitrogens with two attached hydrogens (primary N) is 1. The maximum atomic E-state index is 11.7. The van der Waals surface area contributed by atoms with Gasteiger partial charge in [-0.25, -0.2) is 0 Å². The average Bonchev–Trinajstić information content (AvgIpc) is 2.60. The molecule has 3 rings (SSSR count). The number of nitrogen functional groups attached to an aromatic ring is 1. The Bertz CT molecular complexity index is 1390. The first kappa shape index (κ1) is 27.8. The van der Waals surface area contributed by atoms with E-state index < -0.39 is 52.9 Å². The summed E-state index contributed by atoms with van der Waals surface area (Å²) in [5, 5.41) is 27.7. The number of hydrogen-bond donors (Lipinski definition) is 5. The molecule has 0 aliphatic carbocycles. The molecule has 0 unspecified atom stereocenters. The maximum Gasteiger partial charge on any atom is 0.296 e. The summed E-state index contributed by atoms with van der Waals surface area (Å²) in [5.74, 6) is -1.19. The molecular formula is C16H13N3Na2O8S2. The number of aromatic hydroxyl groups is 2. The molecule has 3 aromatic carbocycles. The van der Waals surface area contributed by atoms with E-state index in [0.717, 1.165) is 24.3 Å². The molecule has 3 aromatic rings. The van der Waals surface area contributed by atoms with Crippen LogP contribution in [0.4, 0.5) is 17.1 Å². The van der Waals surface area contributed by atoms with Gasteiger partial charge in [0.25, 0.3) is 20.2 Å². The van der Waals surface area contributed by atoms with Crippen LogP contribution in [-0.4, -0.2) is 95.3 Å². The zero-order valence-corrected chi connectivity index (χ0v) is 21.9. The predicted molar refractivity (Wildman–Crippen MR) is 113 cm³/mol. The third kappa shape index (κ3) is 6.16. The van der Waals surface area contributed by atoms with Crippen LogP contribution < -0.4 is 5.73 Å². The van der Waals surface area contributed by atoms with Crippen LogP contribution in [0, 0.1) is 0 Å². The average molecular weight is 485 g/mol. The van der Waals surface area contributed by atoms with E-state index in [0.29, 0.717) is 0 Å². The van der Waals surface area contributed by atoms with E-state index in [1.807, 2.05) is 0 Å². The molecule has 31 heavy (non-hydrogen) atoms. The van der Waals surface area contributed by atoms with Gasteiger partial charge in [0.05, 0.1) is 4.90 Å². The third-order valence-corrected chi connectivity index (χ3v) is 5.57. The molecule has 6 N–H and O–H groups in total. The number of azo groups is 1. The molecule has 154 valence electrons. The molecule has 15 heteroatoms. The molecule has 0 saturated carbocycles. The van der Waals surface area contributed by atoms with Crippen LogP contribution in [0.25, 0.3) is 10.8 Å². The van der Waals surface area contributed by atoms with Gasteiger partial charge in [-0.3, -0.25) is 9.11 Å². The second kappa shape index (κ2) is 10.1. The summed E-state index contributed by atoms with van der Waals surface area (Å²) < 4.78 is 64.5. The van der Waals surface area contributed by atoms with Gasteiger partial charge in [-0.1, -0.05) is 0 Å². The normalized spacial score (nSPS) is 11.8. The van der Waals surface area contributed by atoms with E-state index in [1.165, 1.54) is 18.2 Å². The molecule has 0 saturated heterocycles. The van der Waals surface area contributed by atoms with E-state index in [4.69, 9.17) is 10.3 Å². The second-order valence-corrected chi connectivity index (χ2v) is 8.66. The zero-order chi connectivity index (χ0) is 21.6. The number of nitrogens with zero attached hydrogens (tertiary/aromatic N) is 2. The maximum absolute atomic E-state index is 11.7. The third-order valence-electron chi connectivity index (χ3n) is 3.86. The fourth-order valence-electron chi connectivity index (χ4n) is 2.51. The first-order chi connectivity index (χ1) is 13.4. The Labute approximate surface area is 221 Å². The Balaban J connectivity index is 0.00000240. The van der Waals surface area contributed by atoms with Crippen LogP contribution in [0.3, 0.4) is 0 Å². The molecule has 0 atom stereocenters. The number of fused-ring (bicyclic) bond motifs is 1. The van der Waals surface area contributed by atoms with E-state index in [9.17, 15) is 31.6 Å². The molecule has 0 bridgehead atoms. The van der Waals surface area contributed by atoms with Gasteiger partial charge < -0.3 is 15.9 Å². The van der Waals surface area contributed by atoms with Crippen molar-refractivity contribution in [1.29, 1.82) is 0 Å². The number of benzene rings is 3. The van der Waals surface area contributed by atoms with Gasteiger partial charge in [0.15, 0.2) is 5.75 Å². The summed E-state index contributed by atoms with van der Waals surface area (Å²) in [6.45, 7) is 0. The van der Waals surface area contributed by atoms with Crippen LogP contribution in [-0.2, 0) is 20.2 Å². The summed E-state index contributed by atoms with van der Waals surface area (Å²) in [7, 11) is -9.47. The van der Waals surface area contributed by atoms with Crippen LogP contribution in [0.5, 0.6) is 11.5 Å². The van der Waals surface area contributed by atoms with Crippen LogP contribution in [0.1, 0.15) is 0 Å². The topological polar surface area (TPSA) is 200 Å². The SMILES string of the molecule is Nc1ccc2c(O)c(N=Nc3cc(S(=O)(=O)O)ccc3O)c(S(=O)(=O)O)cc2c1.[Na].[Na]. The number of rotatable bonds is 4. The van der Waals surface area contributed by atoms with E-state index in [1.54, 1.807) is 0 Å². The van der Waals surface area contributed by atoms with Crippen LogP contribution in [0.2, 0.25) is 0 Å². The Hall–Kier alpha value is -1.26. The van der Waals surface area contributed by atoms with Gasteiger partial charge in [-0.2, -0.15) is 16.8 Å². The number of anilines is 1. The first-order valence-corrected chi connectivity index (χ1v) is 10.5. The smallest absolute Gasteiger partial charge is 0.296 e. The van der Waals surface area contributed by atoms with Crippen molar-refractivity contribution in [3.05, 3.63) is 42.5 Å². The molecular weight excluding hydrogens is 472 g/mol. The van der Waals surface area contributed by atoms with Gasteiger partial charge in [0.2, 0.25) is 0 Å². The molecule has 0 aliphatic heterocycles. The second-order valence-electron chi connectivity index (χ2n) is 5.85. The van der Waals surface area contributed by atoms with Gasteiger partial charge in [-0.15, -0.1) is 10.2 Å². The monoisotopic (exact) mass is 485 g/mol. The van der Waals surface area contributed by atoms with Gasteiger partial charge in [0, 0.05) is 70.2 Å². The van der Waals surface area contributed by atoms with E-state index >= 15 is 0 Å². The number of hydrogen-bond acceptors (Lipinski definition) is 9. The summed E-state index contributed by atoms with van der Waals surface area (Å²) in [6, 6.07) is 7.83. The predicted octanol–water partition coefficient (Wildman–Crippen LogP) is 1.98. The van der Waals surface area contributed by atoms with Crippen molar-refractivity contribution in [2.45, 2.75) is 9.79 Å². The standard InChI is InChI=1S/C16H13N3O8S2.2Na/c17-9-1-3-11-8(5-9)6-14(29(25,26)27)15(16(11)21)19-18-12-7-10(28(22,23)24)2-4-13(12)20;;/h1-7,20-21H,17H2,(H,22,23,24)(H,25,26,27);;. The van der Waals surface area contributed by atoms with Gasteiger partial charge in [0.1, 0.15) is 22.0 Å². The Morgan fingerprint density at radius 2 is 1.45 bits per heavy atom. The van der Waals surface area contributed by atoms with E-state index in [-0.39, 0.29) is 75.6 Å². The van der Waals surface area contributed by atoms with Crippen molar-refractivity contribution >= 4 is 107 Å². The molecule has 0 fully saturated rings. The number of phenols is 2.